The van der Waals surface area contributed by atoms with E-state index in [0.29, 0.717) is 12.1 Å². The summed E-state index contributed by atoms with van der Waals surface area (Å²) in [5, 5.41) is 7.01. The number of amides is 1. The number of nitrogens with zero attached hydrogens (tertiary/aromatic N) is 4. The third-order valence-electron chi connectivity index (χ3n) is 3.17. The minimum Gasteiger partial charge on any atom is -0.346 e. The Bertz CT molecular complexity index is 783. The number of hydrogen-bond acceptors (Lipinski definition) is 4. The van der Waals surface area contributed by atoms with Crippen molar-refractivity contribution in [1.82, 2.24) is 25.1 Å². The number of aryl methyl sites for hydroxylation is 1. The molecule has 3 rings (SSSR count). The average molecular weight is 293 g/mol. The van der Waals surface area contributed by atoms with E-state index in [1.165, 1.54) is 6.33 Å². The molecule has 0 fully saturated rings. The zero-order valence-electron chi connectivity index (χ0n) is 12.1. The largest absolute Gasteiger partial charge is 0.346 e. The Balaban J connectivity index is 1.71. The van der Waals surface area contributed by atoms with Crippen LogP contribution in [0.1, 0.15) is 21.7 Å². The van der Waals surface area contributed by atoms with Crippen LogP contribution in [0.15, 0.2) is 55.1 Å². The lowest BCUT2D eigenvalue weighted by atomic mass is 10.2. The first-order valence-electron chi connectivity index (χ1n) is 6.88. The molecule has 110 valence electrons. The number of carbonyl (C=O) groups excluding carboxylic acids is 1. The molecule has 2 aromatic heterocycles. The highest BCUT2D eigenvalue weighted by atomic mass is 16.1. The minimum absolute atomic E-state index is 0.148. The van der Waals surface area contributed by atoms with Gasteiger partial charge in [0.15, 0.2) is 0 Å². The second-order valence-corrected chi connectivity index (χ2v) is 4.83. The average Bonchev–Trinajstić information content (AvgIpc) is 3.07. The summed E-state index contributed by atoms with van der Waals surface area (Å²) in [5.41, 5.74) is 3.08. The lowest BCUT2D eigenvalue weighted by Gasteiger charge is -2.07. The van der Waals surface area contributed by atoms with Gasteiger partial charge in [-0.2, -0.15) is 5.10 Å². The molecule has 0 atom stereocenters. The maximum absolute atomic E-state index is 12.2. The Kier molecular flexibility index (Phi) is 3.91. The monoisotopic (exact) mass is 293 g/mol. The molecule has 0 unspecified atom stereocenters. The van der Waals surface area contributed by atoms with Crippen LogP contribution >= 0.6 is 0 Å². The zero-order valence-corrected chi connectivity index (χ0v) is 12.1. The van der Waals surface area contributed by atoms with Gasteiger partial charge >= 0.3 is 0 Å². The number of benzene rings is 1. The molecule has 1 N–H and O–H groups in total. The maximum Gasteiger partial charge on any atom is 0.251 e. The van der Waals surface area contributed by atoms with E-state index in [4.69, 9.17) is 0 Å². The fourth-order valence-electron chi connectivity index (χ4n) is 2.09. The summed E-state index contributed by atoms with van der Waals surface area (Å²) < 4.78 is 1.71. The van der Waals surface area contributed by atoms with Gasteiger partial charge in [-0.25, -0.2) is 14.6 Å². The highest BCUT2D eigenvalue weighted by Gasteiger charge is 2.07. The molecule has 1 aromatic carbocycles. The topological polar surface area (TPSA) is 72.7 Å². The van der Waals surface area contributed by atoms with E-state index in [9.17, 15) is 4.79 Å². The first-order chi connectivity index (χ1) is 10.7. The summed E-state index contributed by atoms with van der Waals surface area (Å²) in [6, 6.07) is 11.0. The van der Waals surface area contributed by atoms with Crippen molar-refractivity contribution in [2.45, 2.75) is 13.5 Å². The van der Waals surface area contributed by atoms with E-state index in [1.807, 2.05) is 37.4 Å². The molecule has 0 spiro atoms. The van der Waals surface area contributed by atoms with Crippen LogP contribution in [-0.4, -0.2) is 25.7 Å². The van der Waals surface area contributed by atoms with Gasteiger partial charge in [0.25, 0.3) is 5.91 Å². The van der Waals surface area contributed by atoms with Crippen LogP contribution in [0.25, 0.3) is 5.69 Å². The Hall–Kier alpha value is -3.02. The van der Waals surface area contributed by atoms with Gasteiger partial charge in [-0.15, -0.1) is 0 Å². The van der Waals surface area contributed by atoms with Gasteiger partial charge in [0, 0.05) is 23.7 Å². The van der Waals surface area contributed by atoms with Crippen LogP contribution in [-0.2, 0) is 6.54 Å². The Labute approximate surface area is 127 Å². The second kappa shape index (κ2) is 6.17. The highest BCUT2D eigenvalue weighted by Crippen LogP contribution is 2.09. The molecule has 2 heterocycles. The first kappa shape index (κ1) is 13.9. The van der Waals surface area contributed by atoms with Crippen LogP contribution < -0.4 is 5.32 Å². The molecule has 6 nitrogen and oxygen atoms in total. The molecule has 0 aliphatic carbocycles. The number of rotatable bonds is 4. The van der Waals surface area contributed by atoms with Crippen molar-refractivity contribution in [3.8, 4) is 5.69 Å². The fourth-order valence-corrected chi connectivity index (χ4v) is 2.09. The zero-order chi connectivity index (χ0) is 15.4. The molecule has 0 saturated heterocycles. The molecule has 0 radical (unpaired) electrons. The summed E-state index contributed by atoms with van der Waals surface area (Å²) in [7, 11) is 0. The van der Waals surface area contributed by atoms with Crippen LogP contribution in [0.4, 0.5) is 0 Å². The second-order valence-electron chi connectivity index (χ2n) is 4.83. The lowest BCUT2D eigenvalue weighted by molar-refractivity contribution is 0.0950. The van der Waals surface area contributed by atoms with Gasteiger partial charge in [0.05, 0.1) is 17.9 Å². The number of nitrogens with one attached hydrogen (secondary N) is 1. The molecule has 22 heavy (non-hydrogen) atoms. The van der Waals surface area contributed by atoms with Crippen molar-refractivity contribution >= 4 is 5.91 Å². The summed E-state index contributed by atoms with van der Waals surface area (Å²) in [6.07, 6.45) is 5.03. The summed E-state index contributed by atoms with van der Waals surface area (Å²) >= 11 is 0. The Morgan fingerprint density at radius 3 is 2.91 bits per heavy atom. The van der Waals surface area contributed by atoms with Crippen LogP contribution in [0.5, 0.6) is 0 Å². The molecule has 6 heteroatoms. The lowest BCUT2D eigenvalue weighted by Crippen LogP contribution is -2.23. The summed E-state index contributed by atoms with van der Waals surface area (Å²) in [5.74, 6) is -0.148. The molecule has 0 bridgehead atoms. The van der Waals surface area contributed by atoms with Gasteiger partial charge in [0.1, 0.15) is 6.33 Å². The number of hydrogen-bond donors (Lipinski definition) is 1. The number of aromatic nitrogens is 4. The Morgan fingerprint density at radius 2 is 2.14 bits per heavy atom. The molecule has 3 aromatic rings. The third kappa shape index (κ3) is 3.17. The van der Waals surface area contributed by atoms with Crippen molar-refractivity contribution in [2.75, 3.05) is 0 Å². The molecule has 0 saturated carbocycles. The molecule has 0 aliphatic rings. The summed E-state index contributed by atoms with van der Waals surface area (Å²) in [6.45, 7) is 2.26. The third-order valence-corrected chi connectivity index (χ3v) is 3.17. The van der Waals surface area contributed by atoms with Crippen molar-refractivity contribution in [3.05, 3.63) is 72.1 Å². The smallest absolute Gasteiger partial charge is 0.251 e. The predicted molar refractivity (Wildman–Crippen MR) is 81.5 cm³/mol. The van der Waals surface area contributed by atoms with E-state index >= 15 is 0 Å². The Morgan fingerprint density at radius 1 is 1.23 bits per heavy atom. The SMILES string of the molecule is Cc1cc(CNC(=O)c2cccc(-n3cccn3)c2)ncn1. The maximum atomic E-state index is 12.2. The predicted octanol–water partition coefficient (Wildman–Crippen LogP) is 1.90. The standard InChI is InChI=1S/C16H15N5O/c1-12-8-14(19-11-18-12)10-17-16(22)13-4-2-5-15(9-13)21-7-3-6-20-21/h2-9,11H,10H2,1H3,(H,17,22). The van der Waals surface area contributed by atoms with Gasteiger partial charge in [0.2, 0.25) is 0 Å². The van der Waals surface area contributed by atoms with Gasteiger partial charge in [-0.1, -0.05) is 6.07 Å². The van der Waals surface area contributed by atoms with Crippen LogP contribution in [0, 0.1) is 6.92 Å². The van der Waals surface area contributed by atoms with E-state index in [0.717, 1.165) is 17.1 Å². The van der Waals surface area contributed by atoms with Crippen molar-refractivity contribution in [3.63, 3.8) is 0 Å². The van der Waals surface area contributed by atoms with Gasteiger partial charge < -0.3 is 5.32 Å². The van der Waals surface area contributed by atoms with E-state index in [-0.39, 0.29) is 5.91 Å². The normalized spacial score (nSPS) is 10.4. The number of carbonyl (C=O) groups is 1. The highest BCUT2D eigenvalue weighted by molar-refractivity contribution is 5.94. The molecular formula is C16H15N5O. The van der Waals surface area contributed by atoms with E-state index in [1.54, 1.807) is 23.0 Å². The molecule has 0 aliphatic heterocycles. The minimum atomic E-state index is -0.148. The molecule has 1 amide bonds. The van der Waals surface area contributed by atoms with Gasteiger partial charge in [-0.05, 0) is 37.3 Å². The first-order valence-corrected chi connectivity index (χ1v) is 6.88. The van der Waals surface area contributed by atoms with Gasteiger partial charge in [-0.3, -0.25) is 4.79 Å². The fraction of sp³-hybridized carbons (Fsp3) is 0.125. The van der Waals surface area contributed by atoms with Crippen LogP contribution in [0.2, 0.25) is 0 Å². The van der Waals surface area contributed by atoms with Crippen LogP contribution in [0.3, 0.4) is 0 Å². The van der Waals surface area contributed by atoms with Crippen molar-refractivity contribution in [2.24, 2.45) is 0 Å². The van der Waals surface area contributed by atoms with E-state index in [2.05, 4.69) is 20.4 Å². The van der Waals surface area contributed by atoms with Crippen molar-refractivity contribution in [1.29, 1.82) is 0 Å². The quantitative estimate of drug-likeness (QED) is 0.797. The summed E-state index contributed by atoms with van der Waals surface area (Å²) in [4.78, 5) is 20.4. The molecular weight excluding hydrogens is 278 g/mol. The van der Waals surface area contributed by atoms with E-state index < -0.39 is 0 Å². The van der Waals surface area contributed by atoms with Crippen molar-refractivity contribution < 1.29 is 4.79 Å².